The molecule has 0 unspecified atom stereocenters. The van der Waals surface area contributed by atoms with Crippen LogP contribution < -0.4 is 5.63 Å². The highest BCUT2D eigenvalue weighted by Gasteiger charge is 2.30. The summed E-state index contributed by atoms with van der Waals surface area (Å²) < 4.78 is 4.99. The third-order valence-corrected chi connectivity index (χ3v) is 3.84. The summed E-state index contributed by atoms with van der Waals surface area (Å²) in [5.74, 6) is -0.180. The maximum Gasteiger partial charge on any atom is 0.336 e. The molecule has 0 atom stereocenters. The molecule has 1 N–H and O–H groups in total. The lowest BCUT2D eigenvalue weighted by atomic mass is 10.1. The number of imide groups is 1. The summed E-state index contributed by atoms with van der Waals surface area (Å²) in [6, 6.07) is 5.61. The smallest absolute Gasteiger partial charge is 0.336 e. The van der Waals surface area contributed by atoms with Crippen LogP contribution in [0.4, 0.5) is 4.79 Å². The highest BCUT2D eigenvalue weighted by molar-refractivity contribution is 8.14. The van der Waals surface area contributed by atoms with Crippen molar-refractivity contribution in [1.82, 2.24) is 4.90 Å². The van der Waals surface area contributed by atoms with E-state index < -0.39 is 5.63 Å². The third-order valence-electron chi connectivity index (χ3n) is 2.98. The molecular weight excluding hydrogens is 282 g/mol. The largest absolute Gasteiger partial charge is 0.508 e. The van der Waals surface area contributed by atoms with Crippen LogP contribution in [0.25, 0.3) is 11.0 Å². The fraction of sp³-hybridized carbons (Fsp3) is 0.154. The van der Waals surface area contributed by atoms with Crippen molar-refractivity contribution in [2.24, 2.45) is 0 Å². The van der Waals surface area contributed by atoms with Gasteiger partial charge in [-0.15, -0.1) is 0 Å². The molecule has 2 heterocycles. The Morgan fingerprint density at radius 3 is 2.75 bits per heavy atom. The topological polar surface area (TPSA) is 87.8 Å². The molecule has 0 radical (unpaired) electrons. The second-order valence-corrected chi connectivity index (χ2v) is 5.23. The number of benzene rings is 1. The quantitative estimate of drug-likeness (QED) is 0.847. The number of carbonyl (C=O) groups is 2. The average Bonchev–Trinajstić information content (AvgIpc) is 2.69. The highest BCUT2D eigenvalue weighted by Crippen LogP contribution is 2.26. The Hall–Kier alpha value is -2.28. The van der Waals surface area contributed by atoms with Crippen molar-refractivity contribution in [3.05, 3.63) is 40.2 Å². The summed E-state index contributed by atoms with van der Waals surface area (Å²) in [6.07, 6.45) is 0. The first-order valence-electron chi connectivity index (χ1n) is 5.77. The SMILES string of the molecule is O=C1CSC(=O)N1Cc1cc(=O)oc2cc(O)ccc12. The first-order chi connectivity index (χ1) is 9.54. The van der Waals surface area contributed by atoms with E-state index in [1.807, 2.05) is 0 Å². The van der Waals surface area contributed by atoms with Gasteiger partial charge in [-0.2, -0.15) is 0 Å². The first-order valence-corrected chi connectivity index (χ1v) is 6.76. The summed E-state index contributed by atoms with van der Waals surface area (Å²) in [4.78, 5) is 35.8. The van der Waals surface area contributed by atoms with Crippen molar-refractivity contribution in [2.45, 2.75) is 6.54 Å². The maximum atomic E-state index is 11.6. The number of rotatable bonds is 2. The van der Waals surface area contributed by atoms with Crippen molar-refractivity contribution >= 4 is 33.9 Å². The second-order valence-electron chi connectivity index (χ2n) is 4.31. The molecule has 20 heavy (non-hydrogen) atoms. The monoisotopic (exact) mass is 291 g/mol. The number of phenolic OH excluding ortho intramolecular Hbond substituents is 1. The van der Waals surface area contributed by atoms with Crippen LogP contribution in [0.5, 0.6) is 5.75 Å². The van der Waals surface area contributed by atoms with Gasteiger partial charge in [0, 0.05) is 17.5 Å². The molecule has 1 saturated heterocycles. The summed E-state index contributed by atoms with van der Waals surface area (Å²) in [6.45, 7) is 0.0253. The first kappa shape index (κ1) is 12.7. The molecule has 2 aromatic rings. The van der Waals surface area contributed by atoms with Crippen LogP contribution in [-0.2, 0) is 11.3 Å². The summed E-state index contributed by atoms with van der Waals surface area (Å²) in [7, 11) is 0. The molecule has 6 nitrogen and oxygen atoms in total. The van der Waals surface area contributed by atoms with Crippen LogP contribution in [0.3, 0.4) is 0 Å². The Kier molecular flexibility index (Phi) is 2.98. The van der Waals surface area contributed by atoms with E-state index in [1.165, 1.54) is 18.2 Å². The van der Waals surface area contributed by atoms with E-state index in [2.05, 4.69) is 0 Å². The molecule has 1 fully saturated rings. The van der Waals surface area contributed by atoms with Gasteiger partial charge in [0.2, 0.25) is 5.91 Å². The zero-order chi connectivity index (χ0) is 14.3. The molecule has 1 aliphatic heterocycles. The molecule has 1 aromatic carbocycles. The van der Waals surface area contributed by atoms with Crippen molar-refractivity contribution < 1.29 is 19.1 Å². The van der Waals surface area contributed by atoms with Gasteiger partial charge >= 0.3 is 5.63 Å². The zero-order valence-corrected chi connectivity index (χ0v) is 11.0. The lowest BCUT2D eigenvalue weighted by Gasteiger charge is -2.13. The predicted octanol–water partition coefficient (Wildman–Crippen LogP) is 1.69. The van der Waals surface area contributed by atoms with Crippen molar-refractivity contribution in [1.29, 1.82) is 0 Å². The van der Waals surface area contributed by atoms with E-state index in [4.69, 9.17) is 4.42 Å². The van der Waals surface area contributed by atoms with E-state index in [0.29, 0.717) is 10.9 Å². The molecule has 3 rings (SSSR count). The minimum atomic E-state index is -0.593. The number of carbonyl (C=O) groups excluding carboxylic acids is 2. The van der Waals surface area contributed by atoms with Gasteiger partial charge in [0.15, 0.2) is 0 Å². The van der Waals surface area contributed by atoms with Crippen LogP contribution in [0.2, 0.25) is 0 Å². The molecule has 0 bridgehead atoms. The number of thioether (sulfide) groups is 1. The van der Waals surface area contributed by atoms with Gasteiger partial charge in [-0.1, -0.05) is 11.8 Å². The summed E-state index contributed by atoms with van der Waals surface area (Å²) >= 11 is 0.941. The minimum absolute atomic E-state index is 0.0253. The van der Waals surface area contributed by atoms with Gasteiger partial charge in [-0.25, -0.2) is 4.79 Å². The number of phenols is 1. The second kappa shape index (κ2) is 4.68. The molecular formula is C13H9NO5S. The standard InChI is InChI=1S/C13H9NO5S/c15-8-1-2-9-7(3-12(17)19-10(9)4-8)5-14-11(16)6-20-13(14)18/h1-4,15H,5-6H2. The molecule has 2 amide bonds. The zero-order valence-electron chi connectivity index (χ0n) is 10.2. The van der Waals surface area contributed by atoms with E-state index >= 15 is 0 Å². The Bertz CT molecular complexity index is 766. The van der Waals surface area contributed by atoms with Crippen molar-refractivity contribution in [2.75, 3.05) is 5.75 Å². The van der Waals surface area contributed by atoms with Gasteiger partial charge < -0.3 is 9.52 Å². The van der Waals surface area contributed by atoms with Crippen LogP contribution >= 0.6 is 11.8 Å². The number of aromatic hydroxyl groups is 1. The van der Waals surface area contributed by atoms with Crippen molar-refractivity contribution in [3.63, 3.8) is 0 Å². The van der Waals surface area contributed by atoms with Crippen LogP contribution in [0.1, 0.15) is 5.56 Å². The van der Waals surface area contributed by atoms with Gasteiger partial charge in [0.1, 0.15) is 11.3 Å². The summed E-state index contributed by atoms with van der Waals surface area (Å²) in [5, 5.41) is 9.66. The number of amides is 2. The molecule has 102 valence electrons. The average molecular weight is 291 g/mol. The van der Waals surface area contributed by atoms with Crippen molar-refractivity contribution in [3.8, 4) is 5.75 Å². The lowest BCUT2D eigenvalue weighted by molar-refractivity contribution is -0.125. The van der Waals surface area contributed by atoms with E-state index in [0.717, 1.165) is 16.7 Å². The number of hydrogen-bond donors (Lipinski definition) is 1. The molecule has 0 aliphatic carbocycles. The van der Waals surface area contributed by atoms with Gasteiger partial charge in [-0.3, -0.25) is 14.5 Å². The van der Waals surface area contributed by atoms with Crippen LogP contribution in [0.15, 0.2) is 33.5 Å². The van der Waals surface area contributed by atoms with Gasteiger partial charge in [0.25, 0.3) is 5.24 Å². The maximum absolute atomic E-state index is 11.6. The van der Waals surface area contributed by atoms with E-state index in [-0.39, 0.29) is 34.8 Å². The Balaban J connectivity index is 2.09. The normalized spacial score (nSPS) is 15.3. The lowest BCUT2D eigenvalue weighted by Crippen LogP contribution is -2.28. The van der Waals surface area contributed by atoms with E-state index in [9.17, 15) is 19.5 Å². The predicted molar refractivity (Wildman–Crippen MR) is 72.6 cm³/mol. The Morgan fingerprint density at radius 2 is 2.05 bits per heavy atom. The van der Waals surface area contributed by atoms with E-state index in [1.54, 1.807) is 6.07 Å². The fourth-order valence-electron chi connectivity index (χ4n) is 2.05. The Morgan fingerprint density at radius 1 is 1.25 bits per heavy atom. The minimum Gasteiger partial charge on any atom is -0.508 e. The van der Waals surface area contributed by atoms with Gasteiger partial charge in [0.05, 0.1) is 12.3 Å². The molecule has 1 aliphatic rings. The van der Waals surface area contributed by atoms with Crippen LogP contribution in [-0.4, -0.2) is 26.9 Å². The summed E-state index contributed by atoms with van der Waals surface area (Å²) in [5.41, 5.74) is 0.143. The molecule has 7 heteroatoms. The van der Waals surface area contributed by atoms with Crippen LogP contribution in [0, 0.1) is 0 Å². The number of fused-ring (bicyclic) bond motifs is 1. The molecule has 1 aromatic heterocycles. The molecule has 0 saturated carbocycles. The number of hydrogen-bond acceptors (Lipinski definition) is 6. The third kappa shape index (κ3) is 2.16. The highest BCUT2D eigenvalue weighted by atomic mass is 32.2. The Labute approximate surface area is 117 Å². The van der Waals surface area contributed by atoms with Gasteiger partial charge in [-0.05, 0) is 17.7 Å². The number of nitrogens with zero attached hydrogens (tertiary/aromatic N) is 1. The fourth-order valence-corrected chi connectivity index (χ4v) is 2.78. The molecule has 0 spiro atoms.